The van der Waals surface area contributed by atoms with Crippen LogP contribution in [0.15, 0.2) is 24.3 Å². The van der Waals surface area contributed by atoms with Crippen molar-refractivity contribution in [3.8, 4) is 0 Å². The molecule has 1 aromatic rings. The van der Waals surface area contributed by atoms with Crippen LogP contribution in [0.5, 0.6) is 0 Å². The second kappa shape index (κ2) is 5.85. The molecule has 0 atom stereocenters. The van der Waals surface area contributed by atoms with Crippen molar-refractivity contribution in [1.82, 2.24) is 4.90 Å². The first kappa shape index (κ1) is 14.1. The summed E-state index contributed by atoms with van der Waals surface area (Å²) in [6.45, 7) is 2.64. The van der Waals surface area contributed by atoms with Gasteiger partial charge in [0.2, 0.25) is 11.8 Å². The van der Waals surface area contributed by atoms with E-state index in [0.717, 1.165) is 44.6 Å². The zero-order valence-electron chi connectivity index (χ0n) is 12.1. The monoisotopic (exact) mass is 287 g/mol. The van der Waals surface area contributed by atoms with Gasteiger partial charge in [0.05, 0.1) is 6.54 Å². The van der Waals surface area contributed by atoms with E-state index in [0.29, 0.717) is 6.54 Å². The molecule has 0 aliphatic carbocycles. The smallest absolute Gasteiger partial charge is 0.231 e. The molecule has 0 unspecified atom stereocenters. The fourth-order valence-electron chi connectivity index (χ4n) is 3.35. The number of primary amides is 1. The molecule has 0 saturated carbocycles. The molecule has 0 bridgehead atoms. The third kappa shape index (κ3) is 2.93. The number of carbonyl (C=O) groups is 2. The predicted octanol–water partition coefficient (Wildman–Crippen LogP) is 0.773. The Kier molecular flexibility index (Phi) is 3.92. The molecule has 5 heteroatoms. The second-order valence-electron chi connectivity index (χ2n) is 5.89. The van der Waals surface area contributed by atoms with E-state index in [-0.39, 0.29) is 17.7 Å². The number of para-hydroxylation sites is 1. The average Bonchev–Trinajstić information content (AvgIpc) is 2.90. The highest BCUT2D eigenvalue weighted by atomic mass is 16.2. The molecule has 3 rings (SSSR count). The van der Waals surface area contributed by atoms with E-state index in [2.05, 4.69) is 6.07 Å². The number of hydrogen-bond acceptors (Lipinski definition) is 3. The Morgan fingerprint density at radius 2 is 1.86 bits per heavy atom. The lowest BCUT2D eigenvalue weighted by Gasteiger charge is -2.32. The first-order valence-corrected chi connectivity index (χ1v) is 7.55. The molecule has 0 radical (unpaired) electrons. The summed E-state index contributed by atoms with van der Waals surface area (Å²) in [5.41, 5.74) is 7.55. The van der Waals surface area contributed by atoms with Gasteiger partial charge in [0, 0.05) is 18.2 Å². The molecule has 0 aromatic heterocycles. The number of nitrogens with zero attached hydrogens (tertiary/aromatic N) is 2. The lowest BCUT2D eigenvalue weighted by Crippen LogP contribution is -2.44. The van der Waals surface area contributed by atoms with Crippen molar-refractivity contribution < 1.29 is 9.59 Å². The minimum atomic E-state index is -0.298. The van der Waals surface area contributed by atoms with E-state index < -0.39 is 0 Å². The van der Waals surface area contributed by atoms with Crippen LogP contribution in [0.1, 0.15) is 18.4 Å². The molecule has 2 N–H and O–H groups in total. The highest BCUT2D eigenvalue weighted by molar-refractivity contribution is 5.97. The van der Waals surface area contributed by atoms with Gasteiger partial charge in [-0.3, -0.25) is 14.5 Å². The number of carbonyl (C=O) groups excluding carboxylic acids is 2. The Morgan fingerprint density at radius 1 is 1.14 bits per heavy atom. The Morgan fingerprint density at radius 3 is 2.57 bits per heavy atom. The van der Waals surface area contributed by atoms with Gasteiger partial charge in [0.1, 0.15) is 0 Å². The van der Waals surface area contributed by atoms with E-state index in [1.807, 2.05) is 28.0 Å². The standard InChI is InChI=1S/C16H21N3O2/c17-15(20)11-18-8-5-13(6-9-18)16(21)19-10-7-12-3-1-2-4-14(12)19/h1-4,13H,5-11H2,(H2,17,20). The van der Waals surface area contributed by atoms with Gasteiger partial charge in [-0.2, -0.15) is 0 Å². The zero-order chi connectivity index (χ0) is 14.8. The largest absolute Gasteiger partial charge is 0.369 e. The number of piperidine rings is 1. The Balaban J connectivity index is 1.62. The summed E-state index contributed by atoms with van der Waals surface area (Å²) in [5.74, 6) is 0.00667. The van der Waals surface area contributed by atoms with Gasteiger partial charge in [-0.25, -0.2) is 0 Å². The quantitative estimate of drug-likeness (QED) is 0.893. The van der Waals surface area contributed by atoms with Gasteiger partial charge in [0.25, 0.3) is 0 Å². The molecule has 2 amide bonds. The lowest BCUT2D eigenvalue weighted by molar-refractivity contribution is -0.124. The molecule has 0 spiro atoms. The normalized spacial score (nSPS) is 19.5. The number of rotatable bonds is 3. The number of hydrogen-bond donors (Lipinski definition) is 1. The summed E-state index contributed by atoms with van der Waals surface area (Å²) in [6.07, 6.45) is 2.57. The minimum Gasteiger partial charge on any atom is -0.369 e. The van der Waals surface area contributed by atoms with Crippen molar-refractivity contribution in [2.45, 2.75) is 19.3 Å². The van der Waals surface area contributed by atoms with Crippen LogP contribution in [0.4, 0.5) is 5.69 Å². The van der Waals surface area contributed by atoms with Crippen LogP contribution < -0.4 is 10.6 Å². The van der Waals surface area contributed by atoms with Crippen LogP contribution in [0.2, 0.25) is 0 Å². The van der Waals surface area contributed by atoms with E-state index in [9.17, 15) is 9.59 Å². The van der Waals surface area contributed by atoms with Gasteiger partial charge in [-0.05, 0) is 44.0 Å². The van der Waals surface area contributed by atoms with Gasteiger partial charge in [-0.1, -0.05) is 18.2 Å². The first-order valence-electron chi connectivity index (χ1n) is 7.55. The maximum Gasteiger partial charge on any atom is 0.231 e. The molecule has 21 heavy (non-hydrogen) atoms. The molecular weight excluding hydrogens is 266 g/mol. The predicted molar refractivity (Wildman–Crippen MR) is 80.9 cm³/mol. The highest BCUT2D eigenvalue weighted by Crippen LogP contribution is 2.30. The summed E-state index contributed by atoms with van der Waals surface area (Å²) < 4.78 is 0. The molecule has 112 valence electrons. The van der Waals surface area contributed by atoms with E-state index >= 15 is 0 Å². The topological polar surface area (TPSA) is 66.6 Å². The molecular formula is C16H21N3O2. The van der Waals surface area contributed by atoms with Crippen LogP contribution in [-0.4, -0.2) is 42.9 Å². The number of nitrogens with two attached hydrogens (primary N) is 1. The number of amides is 2. The average molecular weight is 287 g/mol. The molecule has 2 heterocycles. The van der Waals surface area contributed by atoms with Crippen LogP contribution in [0.3, 0.4) is 0 Å². The fraction of sp³-hybridized carbons (Fsp3) is 0.500. The number of benzene rings is 1. The van der Waals surface area contributed by atoms with Crippen LogP contribution in [0.25, 0.3) is 0 Å². The fourth-order valence-corrected chi connectivity index (χ4v) is 3.35. The third-order valence-electron chi connectivity index (χ3n) is 4.47. The number of fused-ring (bicyclic) bond motifs is 1. The number of anilines is 1. The Labute approximate surface area is 124 Å². The molecule has 2 aliphatic rings. The second-order valence-corrected chi connectivity index (χ2v) is 5.89. The minimum absolute atomic E-state index is 0.0697. The van der Waals surface area contributed by atoms with Crippen molar-refractivity contribution in [1.29, 1.82) is 0 Å². The van der Waals surface area contributed by atoms with Gasteiger partial charge in [0.15, 0.2) is 0 Å². The van der Waals surface area contributed by atoms with Gasteiger partial charge < -0.3 is 10.6 Å². The van der Waals surface area contributed by atoms with Crippen molar-refractivity contribution >= 4 is 17.5 Å². The van der Waals surface area contributed by atoms with E-state index in [4.69, 9.17) is 5.73 Å². The van der Waals surface area contributed by atoms with Crippen molar-refractivity contribution in [3.05, 3.63) is 29.8 Å². The maximum atomic E-state index is 12.7. The Hall–Kier alpha value is -1.88. The van der Waals surface area contributed by atoms with Gasteiger partial charge in [-0.15, -0.1) is 0 Å². The van der Waals surface area contributed by atoms with Crippen LogP contribution in [-0.2, 0) is 16.0 Å². The SMILES string of the molecule is NC(=O)CN1CCC(C(=O)N2CCc3ccccc32)CC1. The summed E-state index contributed by atoms with van der Waals surface area (Å²) in [4.78, 5) is 27.6. The summed E-state index contributed by atoms with van der Waals surface area (Å²) in [5, 5.41) is 0. The van der Waals surface area contributed by atoms with E-state index in [1.165, 1.54) is 5.56 Å². The van der Waals surface area contributed by atoms with Crippen LogP contribution >= 0.6 is 0 Å². The van der Waals surface area contributed by atoms with Crippen LogP contribution in [0, 0.1) is 5.92 Å². The summed E-state index contributed by atoms with van der Waals surface area (Å²) >= 11 is 0. The lowest BCUT2D eigenvalue weighted by atomic mass is 9.95. The summed E-state index contributed by atoms with van der Waals surface area (Å²) in [7, 11) is 0. The van der Waals surface area contributed by atoms with Crippen molar-refractivity contribution in [2.75, 3.05) is 31.1 Å². The Bertz CT molecular complexity index is 550. The van der Waals surface area contributed by atoms with Crippen molar-refractivity contribution in [2.24, 2.45) is 11.7 Å². The van der Waals surface area contributed by atoms with Crippen molar-refractivity contribution in [3.63, 3.8) is 0 Å². The molecule has 2 aliphatic heterocycles. The molecule has 1 aromatic carbocycles. The molecule has 5 nitrogen and oxygen atoms in total. The maximum absolute atomic E-state index is 12.7. The first-order chi connectivity index (χ1) is 10.1. The van der Waals surface area contributed by atoms with E-state index in [1.54, 1.807) is 0 Å². The zero-order valence-corrected chi connectivity index (χ0v) is 12.1. The van der Waals surface area contributed by atoms with Gasteiger partial charge >= 0.3 is 0 Å². The highest BCUT2D eigenvalue weighted by Gasteiger charge is 2.32. The third-order valence-corrected chi connectivity index (χ3v) is 4.47. The molecule has 1 fully saturated rings. The summed E-state index contributed by atoms with van der Waals surface area (Å²) in [6, 6.07) is 8.13. The molecule has 1 saturated heterocycles. The number of likely N-dealkylation sites (tertiary alicyclic amines) is 1.